The van der Waals surface area contributed by atoms with Crippen LogP contribution in [0.4, 0.5) is 11.5 Å². The van der Waals surface area contributed by atoms with E-state index in [1.54, 1.807) is 24.9 Å². The number of pyridine rings is 1. The van der Waals surface area contributed by atoms with Crippen LogP contribution >= 0.6 is 0 Å². The van der Waals surface area contributed by atoms with E-state index in [0.29, 0.717) is 19.0 Å². The number of hydrogen-bond donors (Lipinski definition) is 1. The van der Waals surface area contributed by atoms with Gasteiger partial charge in [0.1, 0.15) is 0 Å². The molecule has 1 saturated heterocycles. The molecule has 124 valence electrons. The summed E-state index contributed by atoms with van der Waals surface area (Å²) in [7, 11) is -2.28. The fourth-order valence-electron chi connectivity index (χ4n) is 2.59. The van der Waals surface area contributed by atoms with E-state index in [2.05, 4.69) is 31.4 Å². The van der Waals surface area contributed by atoms with E-state index in [-0.39, 0.29) is 6.04 Å². The Balaban J connectivity index is 2.09. The second-order valence-electron chi connectivity index (χ2n) is 5.95. The van der Waals surface area contributed by atoms with E-state index in [4.69, 9.17) is 4.74 Å². The highest BCUT2D eigenvalue weighted by Crippen LogP contribution is 2.29. The van der Waals surface area contributed by atoms with Gasteiger partial charge >= 0.3 is 0 Å². The Hall–Kier alpha value is -1.93. The summed E-state index contributed by atoms with van der Waals surface area (Å²) < 4.78 is 21.8. The molecule has 1 fully saturated rings. The average Bonchev–Trinajstić information content (AvgIpc) is 2.99. The van der Waals surface area contributed by atoms with Crippen LogP contribution in [-0.4, -0.2) is 57.7 Å². The van der Waals surface area contributed by atoms with Crippen molar-refractivity contribution in [2.75, 3.05) is 37.2 Å². The van der Waals surface area contributed by atoms with Crippen LogP contribution in [0, 0.1) is 0 Å². The normalized spacial score (nSPS) is 18.9. The molecule has 1 N–H and O–H groups in total. The maximum absolute atomic E-state index is 12.0. The maximum atomic E-state index is 12.0. The summed E-state index contributed by atoms with van der Waals surface area (Å²) in [6.45, 7) is 4.31. The van der Waals surface area contributed by atoms with Gasteiger partial charge in [0.15, 0.2) is 5.82 Å². The molecule has 7 nitrogen and oxygen atoms in total. The van der Waals surface area contributed by atoms with E-state index in [1.807, 2.05) is 12.1 Å². The highest BCUT2D eigenvalue weighted by Gasteiger charge is 2.20. The third-order valence-corrected chi connectivity index (χ3v) is 4.23. The quantitative estimate of drug-likeness (QED) is 0.928. The fraction of sp³-hybridized carbons (Fsp3) is 0.467. The summed E-state index contributed by atoms with van der Waals surface area (Å²) in [5.41, 5.74) is 2.65. The van der Waals surface area contributed by atoms with Crippen molar-refractivity contribution in [3.05, 3.63) is 24.5 Å². The van der Waals surface area contributed by atoms with E-state index in [1.165, 1.54) is 0 Å². The van der Waals surface area contributed by atoms with Crippen LogP contribution < -0.4 is 4.90 Å². The van der Waals surface area contributed by atoms with Crippen LogP contribution in [0.1, 0.15) is 6.92 Å². The van der Waals surface area contributed by atoms with Gasteiger partial charge in [0.25, 0.3) is 0 Å². The molecule has 0 saturated carbocycles. The van der Waals surface area contributed by atoms with Crippen molar-refractivity contribution in [2.24, 2.45) is 4.36 Å². The smallest absolute Gasteiger partial charge is 0.164 e. The zero-order chi connectivity index (χ0) is 16.4. The summed E-state index contributed by atoms with van der Waals surface area (Å²) in [4.78, 5) is 6.78. The Kier molecular flexibility index (Phi) is 4.36. The van der Waals surface area contributed by atoms with Crippen molar-refractivity contribution in [3.8, 4) is 11.3 Å². The Morgan fingerprint density at radius 2 is 2.26 bits per heavy atom. The van der Waals surface area contributed by atoms with E-state index >= 15 is 0 Å². The van der Waals surface area contributed by atoms with Gasteiger partial charge in [0, 0.05) is 58.3 Å². The zero-order valence-electron chi connectivity index (χ0n) is 13.5. The van der Waals surface area contributed by atoms with Crippen molar-refractivity contribution in [1.29, 1.82) is 0 Å². The Bertz CT molecular complexity index is 788. The molecule has 0 unspecified atom stereocenters. The van der Waals surface area contributed by atoms with Crippen LogP contribution in [0.5, 0.6) is 0 Å². The number of H-pyrrole nitrogens is 1. The lowest BCUT2D eigenvalue weighted by Gasteiger charge is -2.35. The van der Waals surface area contributed by atoms with Crippen molar-refractivity contribution in [3.63, 3.8) is 0 Å². The molecule has 0 aromatic carbocycles. The first-order chi connectivity index (χ1) is 10.9. The molecule has 0 amide bonds. The number of aromatic amines is 1. The molecular weight excluding hydrogens is 314 g/mol. The van der Waals surface area contributed by atoms with E-state index in [0.717, 1.165) is 23.5 Å². The summed E-state index contributed by atoms with van der Waals surface area (Å²) in [5, 5.41) is 6.77. The number of anilines is 1. The lowest BCUT2D eigenvalue weighted by atomic mass is 10.1. The molecular formula is C15H21N5O2S. The largest absolute Gasteiger partial charge is 0.377 e. The van der Waals surface area contributed by atoms with Gasteiger partial charge in [-0.25, -0.2) is 9.19 Å². The molecule has 0 spiro atoms. The van der Waals surface area contributed by atoms with Gasteiger partial charge in [0.05, 0.1) is 25.1 Å². The monoisotopic (exact) mass is 335 g/mol. The first-order valence-corrected chi connectivity index (χ1v) is 9.78. The van der Waals surface area contributed by atoms with Crippen molar-refractivity contribution in [2.45, 2.75) is 13.0 Å². The number of morpholine rings is 1. The van der Waals surface area contributed by atoms with Gasteiger partial charge in [0.2, 0.25) is 0 Å². The predicted octanol–water partition coefficient (Wildman–Crippen LogP) is 2.06. The standard InChI is InChI=1S/C15H21N5O2S/c1-11-10-22-5-4-20(11)13-6-14(12-8-16-17-9-12)18-15(7-13)19-23(2,3)21/h6-9,11H,4-5,10H2,1-3H3,(H,16,17)/t11-/m1/s1. The van der Waals surface area contributed by atoms with Crippen LogP contribution in [0.2, 0.25) is 0 Å². The van der Waals surface area contributed by atoms with Crippen LogP contribution in [0.15, 0.2) is 28.9 Å². The number of rotatable bonds is 3. The fourth-order valence-corrected chi connectivity index (χ4v) is 3.13. The summed E-state index contributed by atoms with van der Waals surface area (Å²) in [5.74, 6) is 0.479. The molecule has 1 aliphatic heterocycles. The molecule has 3 heterocycles. The SMILES string of the molecule is C[C@@H]1COCCN1c1cc(N=S(C)(C)=O)nc(-c2cn[nH]c2)c1. The first-order valence-electron chi connectivity index (χ1n) is 7.45. The van der Waals surface area contributed by atoms with Crippen molar-refractivity contribution in [1.82, 2.24) is 15.2 Å². The number of nitrogens with one attached hydrogen (secondary N) is 1. The topological polar surface area (TPSA) is 83.5 Å². The van der Waals surface area contributed by atoms with Gasteiger partial charge in [-0.1, -0.05) is 0 Å². The first kappa shape index (κ1) is 15.9. The lowest BCUT2D eigenvalue weighted by Crippen LogP contribution is -2.43. The van der Waals surface area contributed by atoms with Crippen LogP contribution in [0.25, 0.3) is 11.3 Å². The zero-order valence-corrected chi connectivity index (χ0v) is 14.3. The highest BCUT2D eigenvalue weighted by molar-refractivity contribution is 7.92. The molecule has 1 aliphatic rings. The molecule has 8 heteroatoms. The second-order valence-corrected chi connectivity index (χ2v) is 8.49. The summed E-state index contributed by atoms with van der Waals surface area (Å²) >= 11 is 0. The highest BCUT2D eigenvalue weighted by atomic mass is 32.2. The second kappa shape index (κ2) is 6.29. The predicted molar refractivity (Wildman–Crippen MR) is 91.5 cm³/mol. The minimum absolute atomic E-state index is 0.267. The molecule has 2 aromatic heterocycles. The molecule has 3 rings (SSSR count). The number of nitrogens with zero attached hydrogens (tertiary/aromatic N) is 4. The summed E-state index contributed by atoms with van der Waals surface area (Å²) in [6.07, 6.45) is 6.72. The number of hydrogen-bond acceptors (Lipinski definition) is 6. The van der Waals surface area contributed by atoms with Gasteiger partial charge in [-0.3, -0.25) is 5.10 Å². The Morgan fingerprint density at radius 1 is 1.43 bits per heavy atom. The van der Waals surface area contributed by atoms with E-state index in [9.17, 15) is 4.21 Å². The van der Waals surface area contributed by atoms with Gasteiger partial charge in [-0.15, -0.1) is 0 Å². The molecule has 1 atom stereocenters. The van der Waals surface area contributed by atoms with Gasteiger partial charge in [-0.2, -0.15) is 9.46 Å². The minimum Gasteiger partial charge on any atom is -0.377 e. The van der Waals surface area contributed by atoms with E-state index < -0.39 is 9.73 Å². The Labute approximate surface area is 136 Å². The van der Waals surface area contributed by atoms with Crippen molar-refractivity contribution >= 4 is 21.2 Å². The van der Waals surface area contributed by atoms with Crippen LogP contribution in [0.3, 0.4) is 0 Å². The third kappa shape index (κ3) is 3.89. The van der Waals surface area contributed by atoms with Gasteiger partial charge in [-0.05, 0) is 13.0 Å². The minimum atomic E-state index is -2.28. The molecule has 0 aliphatic carbocycles. The third-order valence-electron chi connectivity index (χ3n) is 3.60. The number of aromatic nitrogens is 3. The number of ether oxygens (including phenoxy) is 1. The molecule has 2 aromatic rings. The molecule has 0 radical (unpaired) electrons. The average molecular weight is 335 g/mol. The van der Waals surface area contributed by atoms with Gasteiger partial charge < -0.3 is 9.64 Å². The Morgan fingerprint density at radius 3 is 2.91 bits per heavy atom. The summed E-state index contributed by atoms with van der Waals surface area (Å²) in [6, 6.07) is 4.17. The lowest BCUT2D eigenvalue weighted by molar-refractivity contribution is 0.0989. The molecule has 23 heavy (non-hydrogen) atoms. The molecule has 0 bridgehead atoms. The van der Waals surface area contributed by atoms with Crippen LogP contribution in [-0.2, 0) is 14.5 Å². The maximum Gasteiger partial charge on any atom is 0.164 e. The van der Waals surface area contributed by atoms with Crippen molar-refractivity contribution < 1.29 is 8.95 Å².